The Hall–Kier alpha value is -3.23. The monoisotopic (exact) mass is 569 g/mol. The van der Waals surface area contributed by atoms with Crippen LogP contribution in [-0.4, -0.2) is 57.1 Å². The first-order chi connectivity index (χ1) is 18.7. The molecule has 0 radical (unpaired) electrons. The van der Waals surface area contributed by atoms with Crippen LogP contribution in [0.1, 0.15) is 55.4 Å². The summed E-state index contributed by atoms with van der Waals surface area (Å²) in [5, 5.41) is 10.1. The van der Waals surface area contributed by atoms with Gasteiger partial charge in [-0.15, -0.1) is 0 Å². The van der Waals surface area contributed by atoms with Gasteiger partial charge in [-0.05, 0) is 96.3 Å². The molecule has 0 bridgehead atoms. The molecule has 5 rings (SSSR count). The summed E-state index contributed by atoms with van der Waals surface area (Å²) in [5.41, 5.74) is 4.81. The van der Waals surface area contributed by atoms with Crippen molar-refractivity contribution in [1.29, 1.82) is 0 Å². The van der Waals surface area contributed by atoms with E-state index in [0.29, 0.717) is 18.4 Å². The fourth-order valence-corrected chi connectivity index (χ4v) is 6.25. The number of aromatic hydroxyl groups is 1. The number of phenols is 1. The van der Waals surface area contributed by atoms with Crippen LogP contribution in [0.2, 0.25) is 0 Å². The Morgan fingerprint density at radius 1 is 1.02 bits per heavy atom. The predicted octanol–water partition coefficient (Wildman–Crippen LogP) is 6.68. The lowest BCUT2D eigenvalue weighted by Gasteiger charge is -2.19. The van der Waals surface area contributed by atoms with Crippen LogP contribution >= 0.6 is 0 Å². The molecule has 1 aliphatic carbocycles. The molecule has 0 unspecified atom stereocenters. The molecule has 1 N–H and O–H groups in total. The third kappa shape index (κ3) is 6.56. The van der Waals surface area contributed by atoms with Crippen molar-refractivity contribution in [3.8, 4) is 11.5 Å². The molecular weight excluding hydrogens is 532 g/mol. The van der Waals surface area contributed by atoms with Crippen LogP contribution in [0.4, 0.5) is 8.78 Å². The van der Waals surface area contributed by atoms with E-state index >= 15 is 4.39 Å². The molecule has 0 aromatic heterocycles. The first kappa shape index (κ1) is 29.7. The fourth-order valence-electron chi connectivity index (χ4n) is 5.62. The molecular formula is C32H37F2NO4S. The molecule has 3 aromatic carbocycles. The summed E-state index contributed by atoms with van der Waals surface area (Å²) >= 11 is 0. The van der Waals surface area contributed by atoms with Crippen LogP contribution in [0.15, 0.2) is 65.6 Å². The minimum absolute atomic E-state index is 0. The highest BCUT2D eigenvalue weighted by Crippen LogP contribution is 2.42. The number of phenolic OH excluding ortho intramolecular Hbond substituents is 1. The number of sulfone groups is 1. The van der Waals surface area contributed by atoms with Crippen LogP contribution in [-0.2, 0) is 16.3 Å². The second-order valence-corrected chi connectivity index (χ2v) is 12.4. The zero-order valence-corrected chi connectivity index (χ0v) is 22.8. The lowest BCUT2D eigenvalue weighted by molar-refractivity contribution is 0.198. The van der Waals surface area contributed by atoms with E-state index < -0.39 is 15.7 Å². The van der Waals surface area contributed by atoms with E-state index in [-0.39, 0.29) is 30.9 Å². The second kappa shape index (κ2) is 12.5. The van der Waals surface area contributed by atoms with Gasteiger partial charge in [0.2, 0.25) is 0 Å². The summed E-state index contributed by atoms with van der Waals surface area (Å²) in [5.74, 6) is 0.341. The highest BCUT2D eigenvalue weighted by Gasteiger charge is 2.25. The number of fused-ring (bicyclic) bond motifs is 1. The Balaban J connectivity index is 0.00000370. The minimum Gasteiger partial charge on any atom is -0.508 e. The summed E-state index contributed by atoms with van der Waals surface area (Å²) in [6.07, 6.45) is 4.62. The van der Waals surface area contributed by atoms with Crippen LogP contribution < -0.4 is 4.74 Å². The number of nitrogens with zero attached hydrogens (tertiary/aromatic N) is 1. The van der Waals surface area contributed by atoms with E-state index in [1.807, 2.05) is 30.3 Å². The van der Waals surface area contributed by atoms with Crippen LogP contribution in [0, 0.1) is 5.82 Å². The molecule has 1 aliphatic heterocycles. The highest BCUT2D eigenvalue weighted by molar-refractivity contribution is 7.90. The van der Waals surface area contributed by atoms with Gasteiger partial charge in [0.1, 0.15) is 23.4 Å². The lowest BCUT2D eigenvalue weighted by Crippen LogP contribution is -2.26. The van der Waals surface area contributed by atoms with Crippen LogP contribution in [0.3, 0.4) is 0 Å². The first-order valence-electron chi connectivity index (χ1n) is 13.3. The average Bonchev–Trinajstić information content (AvgIpc) is 3.26. The third-order valence-corrected chi connectivity index (χ3v) is 8.62. The van der Waals surface area contributed by atoms with Crippen molar-refractivity contribution in [2.45, 2.75) is 50.5 Å². The molecule has 0 spiro atoms. The molecule has 2 aliphatic rings. The molecule has 0 amide bonds. The molecule has 5 nitrogen and oxygen atoms in total. The van der Waals surface area contributed by atoms with Crippen molar-refractivity contribution >= 4 is 21.0 Å². The molecule has 0 saturated carbocycles. The number of hydrogen-bond donors (Lipinski definition) is 1. The Labute approximate surface area is 236 Å². The number of alkyl halides is 1. The number of ether oxygens (including phenoxy) is 1. The Morgan fingerprint density at radius 3 is 2.48 bits per heavy atom. The molecule has 40 heavy (non-hydrogen) atoms. The topological polar surface area (TPSA) is 66.8 Å². The van der Waals surface area contributed by atoms with Gasteiger partial charge in [0.25, 0.3) is 0 Å². The Kier molecular flexibility index (Phi) is 9.31. The number of aryl methyl sites for hydroxylation is 1. The molecule has 3 aromatic rings. The number of allylic oxidation sites excluding steroid dienone is 1. The molecule has 1 fully saturated rings. The maximum atomic E-state index is 15.4. The number of rotatable bonds is 8. The lowest BCUT2D eigenvalue weighted by atomic mass is 9.87. The van der Waals surface area contributed by atoms with Gasteiger partial charge >= 0.3 is 0 Å². The van der Waals surface area contributed by atoms with Crippen molar-refractivity contribution in [3.05, 3.63) is 88.7 Å². The van der Waals surface area contributed by atoms with E-state index in [0.717, 1.165) is 84.8 Å². The number of likely N-dealkylation sites (tertiary alicyclic amines) is 1. The van der Waals surface area contributed by atoms with E-state index in [4.69, 9.17) is 4.74 Å². The van der Waals surface area contributed by atoms with Crippen molar-refractivity contribution < 1.29 is 27.0 Å². The molecule has 1 saturated heterocycles. The van der Waals surface area contributed by atoms with E-state index in [1.54, 1.807) is 18.2 Å². The van der Waals surface area contributed by atoms with Gasteiger partial charge in [-0.1, -0.05) is 31.7 Å². The number of benzene rings is 3. The zero-order chi connectivity index (χ0) is 27.6. The average molecular weight is 570 g/mol. The maximum absolute atomic E-state index is 15.4. The molecule has 1 atom stereocenters. The largest absolute Gasteiger partial charge is 0.508 e. The normalized spacial score (nSPS) is 17.7. The van der Waals surface area contributed by atoms with Crippen molar-refractivity contribution in [2.24, 2.45) is 0 Å². The van der Waals surface area contributed by atoms with Gasteiger partial charge < -0.3 is 9.84 Å². The van der Waals surface area contributed by atoms with E-state index in [2.05, 4.69) is 4.90 Å². The summed E-state index contributed by atoms with van der Waals surface area (Å²) in [6.45, 7) is 2.10. The van der Waals surface area contributed by atoms with Gasteiger partial charge in [0.05, 0.1) is 11.6 Å². The fraction of sp³-hybridized carbons (Fsp3) is 0.375. The van der Waals surface area contributed by atoms with Crippen LogP contribution in [0.25, 0.3) is 11.1 Å². The van der Waals surface area contributed by atoms with Gasteiger partial charge in [-0.25, -0.2) is 12.8 Å². The highest BCUT2D eigenvalue weighted by atomic mass is 32.2. The SMILES string of the molecule is C.CS(=O)(=O)c1ccc(C2=C(c3ccc(O[C@H]4CCN(CCCF)C4)cc3)c3ccc(O)cc3CCC2)c(F)c1. The Morgan fingerprint density at radius 2 is 1.77 bits per heavy atom. The Bertz CT molecular complexity index is 1490. The van der Waals surface area contributed by atoms with E-state index in [1.165, 1.54) is 6.07 Å². The summed E-state index contributed by atoms with van der Waals surface area (Å²) < 4.78 is 58.2. The van der Waals surface area contributed by atoms with Gasteiger partial charge in [-0.3, -0.25) is 9.29 Å². The second-order valence-electron chi connectivity index (χ2n) is 10.4. The number of hydrogen-bond acceptors (Lipinski definition) is 5. The van der Waals surface area contributed by atoms with Gasteiger partial charge in [0.15, 0.2) is 9.84 Å². The quantitative estimate of drug-likeness (QED) is 0.328. The third-order valence-electron chi connectivity index (χ3n) is 7.51. The van der Waals surface area contributed by atoms with E-state index in [9.17, 15) is 17.9 Å². The molecule has 1 heterocycles. The standard InChI is InChI=1S/C31H33F2NO4S.CH4/c1-39(36,37)26-11-13-28(30(33)19-26)29-5-2-4-22-18-23(35)8-12-27(22)31(29)21-6-9-24(10-7-21)38-25-14-17-34(20-25)16-3-15-32;/h6-13,18-19,25,35H,2-5,14-17,20H2,1H3;1H4/t25-;/m0./s1. The van der Waals surface area contributed by atoms with Crippen LogP contribution in [0.5, 0.6) is 11.5 Å². The van der Waals surface area contributed by atoms with Crippen molar-refractivity contribution in [3.63, 3.8) is 0 Å². The maximum Gasteiger partial charge on any atom is 0.175 e. The minimum atomic E-state index is -3.54. The summed E-state index contributed by atoms with van der Waals surface area (Å²) in [4.78, 5) is 2.17. The first-order valence-corrected chi connectivity index (χ1v) is 15.2. The van der Waals surface area contributed by atoms with Gasteiger partial charge in [-0.2, -0.15) is 0 Å². The molecule has 8 heteroatoms. The van der Waals surface area contributed by atoms with Crippen molar-refractivity contribution in [1.82, 2.24) is 4.90 Å². The van der Waals surface area contributed by atoms with Crippen molar-refractivity contribution in [2.75, 3.05) is 32.6 Å². The number of halogens is 2. The summed E-state index contributed by atoms with van der Waals surface area (Å²) in [7, 11) is -3.54. The predicted molar refractivity (Wildman–Crippen MR) is 156 cm³/mol. The molecule has 214 valence electrons. The smallest absolute Gasteiger partial charge is 0.175 e. The summed E-state index contributed by atoms with van der Waals surface area (Å²) in [6, 6.07) is 17.1. The zero-order valence-electron chi connectivity index (χ0n) is 22.0. The van der Waals surface area contributed by atoms with Gasteiger partial charge in [0, 0.05) is 31.5 Å².